The van der Waals surface area contributed by atoms with Gasteiger partial charge in [-0.1, -0.05) is 0 Å². The maximum atomic E-state index is 2.32. The molecule has 1 aromatic rings. The molecule has 0 saturated carbocycles. The smallest absolute Gasteiger partial charge is 1.00 e. The molecule has 0 N–H and O–H groups in total. The van der Waals surface area contributed by atoms with Crippen LogP contribution in [0.2, 0.25) is 0 Å². The fourth-order valence-corrected chi connectivity index (χ4v) is 2.72. The van der Waals surface area contributed by atoms with Crippen molar-refractivity contribution >= 4 is 6.08 Å². The first-order valence-corrected chi connectivity index (χ1v) is 5.84. The van der Waals surface area contributed by atoms with Crippen molar-refractivity contribution in [1.82, 2.24) is 0 Å². The molecule has 0 fully saturated rings. The largest absolute Gasteiger partial charge is 1.00 e. The molecule has 1 aliphatic rings. The second-order valence-corrected chi connectivity index (χ2v) is 5.20. The summed E-state index contributed by atoms with van der Waals surface area (Å²) >= 11 is 1.24. The maximum absolute atomic E-state index is 2.32. The van der Waals surface area contributed by atoms with E-state index in [9.17, 15) is 0 Å². The minimum Gasteiger partial charge on any atom is -1.00 e. The van der Waals surface area contributed by atoms with Crippen LogP contribution in [0.25, 0.3) is 6.08 Å². The summed E-state index contributed by atoms with van der Waals surface area (Å²) in [5, 5.41) is 0. The van der Waals surface area contributed by atoms with Gasteiger partial charge in [-0.15, -0.1) is 0 Å². The minimum atomic E-state index is 0. The van der Waals surface area contributed by atoms with E-state index in [1.807, 2.05) is 0 Å². The zero-order valence-electron chi connectivity index (χ0n) is 7.22. The van der Waals surface area contributed by atoms with Gasteiger partial charge in [0.25, 0.3) is 0 Å². The van der Waals surface area contributed by atoms with Crippen molar-refractivity contribution in [1.29, 1.82) is 0 Å². The van der Waals surface area contributed by atoms with Crippen LogP contribution in [-0.4, -0.2) is 0 Å². The van der Waals surface area contributed by atoms with E-state index in [1.54, 1.807) is 0 Å². The fourth-order valence-electron chi connectivity index (χ4n) is 1.43. The number of hydrogen-bond donors (Lipinski definition) is 0. The van der Waals surface area contributed by atoms with Crippen LogP contribution in [0.5, 0.6) is 0 Å². The van der Waals surface area contributed by atoms with E-state index in [4.69, 9.17) is 0 Å². The maximum Gasteiger partial charge on any atom is -1.00 e. The molecule has 0 spiro atoms. The van der Waals surface area contributed by atoms with E-state index in [0.29, 0.717) is 0 Å². The van der Waals surface area contributed by atoms with E-state index in [1.165, 1.54) is 41.1 Å². The molecule has 0 radical (unpaired) electrons. The van der Waals surface area contributed by atoms with Gasteiger partial charge in [-0.3, -0.25) is 0 Å². The van der Waals surface area contributed by atoms with Crippen LogP contribution in [0, 0.1) is 6.92 Å². The first kappa shape index (κ1) is 13.4. The van der Waals surface area contributed by atoms with Crippen molar-refractivity contribution in [3.63, 3.8) is 0 Å². The summed E-state index contributed by atoms with van der Waals surface area (Å²) in [5.74, 6) is 0. The zero-order valence-corrected chi connectivity index (χ0v) is 12.3. The average Bonchev–Trinajstić information content (AvgIpc) is 2.32. The molecular weight excluding hydrogens is 370 g/mol. The number of hydrogen-bond acceptors (Lipinski definition) is 0. The summed E-state index contributed by atoms with van der Waals surface area (Å²) in [6.45, 7) is 2.15. The Morgan fingerprint density at radius 1 is 1.23 bits per heavy atom. The van der Waals surface area contributed by atoms with Crippen molar-refractivity contribution in [2.75, 3.05) is 0 Å². The summed E-state index contributed by atoms with van der Waals surface area (Å²) in [6, 6.07) is 6.74. The third-order valence-corrected chi connectivity index (χ3v) is 3.85. The summed E-state index contributed by atoms with van der Waals surface area (Å²) < 4.78 is 0.755. The van der Waals surface area contributed by atoms with Crippen LogP contribution < -0.4 is 24.8 Å². The number of benzene rings is 1. The Labute approximate surface area is 106 Å². The second kappa shape index (κ2) is 5.33. The van der Waals surface area contributed by atoms with Gasteiger partial charge in [-0.2, -0.15) is 0 Å². The summed E-state index contributed by atoms with van der Waals surface area (Å²) in [6.07, 6.45) is 4.57. The summed E-state index contributed by atoms with van der Waals surface area (Å²) in [4.78, 5) is 0. The van der Waals surface area contributed by atoms with Crippen molar-refractivity contribution in [2.45, 2.75) is 10.6 Å². The van der Waals surface area contributed by atoms with Gasteiger partial charge in [-0.25, -0.2) is 0 Å². The van der Waals surface area contributed by atoms with E-state index in [2.05, 4.69) is 37.3 Å². The standard InChI is InChI=1S/C10H9.2ClH.Hf/c1-8-5-6-9-3-2-4-10(9)7-8;;;/h2-7H,1H3;2*1H;/q;;;+2/p-2. The van der Waals surface area contributed by atoms with E-state index >= 15 is 0 Å². The molecule has 0 aromatic heterocycles. The fraction of sp³-hybridized carbons (Fsp3) is 0.200. The van der Waals surface area contributed by atoms with E-state index < -0.39 is 0 Å². The van der Waals surface area contributed by atoms with Crippen molar-refractivity contribution < 1.29 is 49.2 Å². The Hall–Kier alpha value is 0.410. The van der Waals surface area contributed by atoms with Crippen LogP contribution in [0.3, 0.4) is 0 Å². The first-order valence-electron chi connectivity index (χ1n) is 3.77. The van der Waals surface area contributed by atoms with E-state index in [0.717, 1.165) is 3.67 Å². The third-order valence-electron chi connectivity index (χ3n) is 2.05. The van der Waals surface area contributed by atoms with Crippen molar-refractivity contribution in [2.24, 2.45) is 0 Å². The normalized spacial score (nSPS) is 17.3. The van der Waals surface area contributed by atoms with Gasteiger partial charge in [0, 0.05) is 0 Å². The molecule has 0 aliphatic heterocycles. The van der Waals surface area contributed by atoms with Gasteiger partial charge in [0.2, 0.25) is 0 Å². The minimum absolute atomic E-state index is 0. The Morgan fingerprint density at radius 2 is 1.92 bits per heavy atom. The van der Waals surface area contributed by atoms with Crippen LogP contribution >= 0.6 is 0 Å². The third kappa shape index (κ3) is 2.68. The summed E-state index contributed by atoms with van der Waals surface area (Å²) in [5.41, 5.74) is 4.33. The second-order valence-electron chi connectivity index (χ2n) is 2.97. The van der Waals surface area contributed by atoms with Crippen LogP contribution in [0.4, 0.5) is 0 Å². The van der Waals surface area contributed by atoms with Crippen LogP contribution in [0.1, 0.15) is 20.4 Å². The number of fused-ring (bicyclic) bond motifs is 1. The number of rotatable bonds is 0. The molecule has 0 nitrogen and oxygen atoms in total. The first-order chi connectivity index (χ1) is 5.27. The molecule has 13 heavy (non-hydrogen) atoms. The van der Waals surface area contributed by atoms with Gasteiger partial charge in [0.1, 0.15) is 0 Å². The molecule has 1 atom stereocenters. The van der Waals surface area contributed by atoms with Gasteiger partial charge < -0.3 is 24.8 Å². The number of allylic oxidation sites excluding steroid dienone is 1. The van der Waals surface area contributed by atoms with Crippen molar-refractivity contribution in [3.8, 4) is 0 Å². The Bertz CT molecular complexity index is 321. The average molecular weight is 379 g/mol. The van der Waals surface area contributed by atoms with Crippen molar-refractivity contribution in [3.05, 3.63) is 41.0 Å². The van der Waals surface area contributed by atoms with Crippen LogP contribution in [0.15, 0.2) is 24.3 Å². The molecule has 1 aliphatic carbocycles. The molecule has 0 heterocycles. The molecule has 0 saturated heterocycles. The molecule has 2 rings (SSSR count). The predicted molar refractivity (Wildman–Crippen MR) is 43.0 cm³/mol. The molecule has 3 heteroatoms. The van der Waals surface area contributed by atoms with Gasteiger partial charge in [0.15, 0.2) is 0 Å². The van der Waals surface area contributed by atoms with Gasteiger partial charge in [0.05, 0.1) is 0 Å². The summed E-state index contributed by atoms with van der Waals surface area (Å²) in [7, 11) is 0. The Balaban J connectivity index is 0.000000720. The monoisotopic (exact) mass is 379 g/mol. The predicted octanol–water partition coefficient (Wildman–Crippen LogP) is -3.38. The molecule has 67 valence electrons. The molecular formula is C10H9Cl2Hf. The van der Waals surface area contributed by atoms with Gasteiger partial charge in [-0.05, 0) is 0 Å². The molecule has 1 unspecified atom stereocenters. The number of aryl methyl sites for hydroxylation is 1. The molecule has 0 bridgehead atoms. The van der Waals surface area contributed by atoms with Crippen LogP contribution in [-0.2, 0) is 24.4 Å². The molecule has 1 aromatic carbocycles. The Kier molecular flexibility index (Phi) is 5.50. The topological polar surface area (TPSA) is 0 Å². The molecule has 0 amide bonds. The van der Waals surface area contributed by atoms with Gasteiger partial charge >= 0.3 is 82.0 Å². The zero-order chi connectivity index (χ0) is 7.84. The number of halogens is 2. The SMILES string of the molecule is Cc1ccc2c(c1)C=C[CH]2[Hf+2].[Cl-].[Cl-]. The Morgan fingerprint density at radius 3 is 2.62 bits per heavy atom. The van der Waals surface area contributed by atoms with E-state index in [-0.39, 0.29) is 24.8 Å². The quantitative estimate of drug-likeness (QED) is 0.414.